The Morgan fingerprint density at radius 3 is 2.35 bits per heavy atom. The minimum absolute atomic E-state index is 0.0394. The molecule has 0 bridgehead atoms. The van der Waals surface area contributed by atoms with Gasteiger partial charge in [0.2, 0.25) is 17.7 Å². The lowest BCUT2D eigenvalue weighted by atomic mass is 10.0. The van der Waals surface area contributed by atoms with Crippen LogP contribution in [-0.2, 0) is 19.1 Å². The lowest BCUT2D eigenvalue weighted by Crippen LogP contribution is -2.54. The Hall–Kier alpha value is -5.96. The topological polar surface area (TPSA) is 184 Å². The molecule has 2 fully saturated rings. The van der Waals surface area contributed by atoms with Crippen molar-refractivity contribution >= 4 is 70.2 Å². The number of amides is 7. The molecule has 6 rings (SSSR count). The number of fused-ring (bicyclic) bond motifs is 1. The van der Waals surface area contributed by atoms with E-state index in [1.807, 2.05) is 25.1 Å². The van der Waals surface area contributed by atoms with Crippen LogP contribution in [0.3, 0.4) is 0 Å². The van der Waals surface area contributed by atoms with Gasteiger partial charge in [-0.15, -0.1) is 0 Å². The molecule has 3 aliphatic rings. The van der Waals surface area contributed by atoms with E-state index in [0.717, 1.165) is 16.2 Å². The maximum atomic E-state index is 13.2. The van der Waals surface area contributed by atoms with Gasteiger partial charge in [-0.3, -0.25) is 34.2 Å². The van der Waals surface area contributed by atoms with Gasteiger partial charge in [0.15, 0.2) is 0 Å². The van der Waals surface area contributed by atoms with E-state index in [1.54, 1.807) is 23.1 Å². The second kappa shape index (κ2) is 17.0. The van der Waals surface area contributed by atoms with Crippen LogP contribution in [-0.4, -0.2) is 97.3 Å². The van der Waals surface area contributed by atoms with Crippen molar-refractivity contribution in [2.45, 2.75) is 51.5 Å². The van der Waals surface area contributed by atoms with Crippen molar-refractivity contribution in [3.8, 4) is 5.75 Å². The lowest BCUT2D eigenvalue weighted by Gasteiger charge is -2.36. The van der Waals surface area contributed by atoms with Crippen LogP contribution in [0.25, 0.3) is 0 Å². The van der Waals surface area contributed by atoms with Gasteiger partial charge in [-0.1, -0.05) is 17.7 Å². The van der Waals surface area contributed by atoms with E-state index in [4.69, 9.17) is 21.1 Å². The molecule has 16 heteroatoms. The van der Waals surface area contributed by atoms with E-state index in [-0.39, 0.29) is 58.8 Å². The molecule has 3 aromatic carbocycles. The number of benzene rings is 3. The number of piperidine rings is 1. The van der Waals surface area contributed by atoms with E-state index >= 15 is 0 Å². The zero-order valence-electron chi connectivity index (χ0n) is 30.4. The minimum atomic E-state index is -1.05. The second-order valence-corrected chi connectivity index (χ2v) is 13.8. The third kappa shape index (κ3) is 8.72. The van der Waals surface area contributed by atoms with Crippen LogP contribution in [0, 0.1) is 6.92 Å². The second-order valence-electron chi connectivity index (χ2n) is 13.4. The van der Waals surface area contributed by atoms with Gasteiger partial charge in [0.1, 0.15) is 11.8 Å². The first-order valence-corrected chi connectivity index (χ1v) is 18.4. The Bertz CT molecular complexity index is 2050. The van der Waals surface area contributed by atoms with Crippen LogP contribution in [0.1, 0.15) is 75.2 Å². The lowest BCUT2D eigenvalue weighted by molar-refractivity contribution is -0.136. The van der Waals surface area contributed by atoms with Gasteiger partial charge in [-0.25, -0.2) is 9.59 Å². The molecule has 3 heterocycles. The largest absolute Gasteiger partial charge is 0.493 e. The molecule has 0 spiro atoms. The molecule has 3 aliphatic heterocycles. The van der Waals surface area contributed by atoms with Gasteiger partial charge in [-0.2, -0.15) is 0 Å². The summed E-state index contributed by atoms with van der Waals surface area (Å²) in [5.74, 6) is -2.75. The summed E-state index contributed by atoms with van der Waals surface area (Å²) in [4.78, 5) is 92.4. The first-order chi connectivity index (χ1) is 26.4. The number of carbonyl (C=O) groups is 7. The number of methoxy groups -OCH3 is 1. The summed E-state index contributed by atoms with van der Waals surface area (Å²) in [6, 6.07) is 13.8. The molecule has 1 unspecified atom stereocenters. The smallest absolute Gasteiger partial charge is 0.339 e. The molecular weight excluding hydrogens is 732 g/mol. The summed E-state index contributed by atoms with van der Waals surface area (Å²) in [5.41, 5.74) is 3.64. The highest BCUT2D eigenvalue weighted by Crippen LogP contribution is 2.34. The summed E-state index contributed by atoms with van der Waals surface area (Å²) >= 11 is 6.18. The minimum Gasteiger partial charge on any atom is -0.493 e. The molecule has 0 aromatic heterocycles. The number of ether oxygens (including phenoxy) is 2. The van der Waals surface area contributed by atoms with E-state index in [9.17, 15) is 33.6 Å². The Morgan fingerprint density at radius 1 is 0.891 bits per heavy atom. The predicted molar refractivity (Wildman–Crippen MR) is 202 cm³/mol. The van der Waals surface area contributed by atoms with Crippen LogP contribution in [0.5, 0.6) is 5.75 Å². The van der Waals surface area contributed by atoms with Gasteiger partial charge in [-0.05, 0) is 86.7 Å². The number of anilines is 3. The Morgan fingerprint density at radius 2 is 1.64 bits per heavy atom. The van der Waals surface area contributed by atoms with Crippen LogP contribution in [0.2, 0.25) is 5.02 Å². The maximum Gasteiger partial charge on any atom is 0.339 e. The van der Waals surface area contributed by atoms with E-state index < -0.39 is 35.6 Å². The number of unbranched alkanes of at least 4 members (excludes halogenated alkanes) is 2. The van der Waals surface area contributed by atoms with Crippen molar-refractivity contribution < 1.29 is 43.0 Å². The normalized spacial score (nSPS) is 16.8. The summed E-state index contributed by atoms with van der Waals surface area (Å²) in [7, 11) is 1.27. The quantitative estimate of drug-likeness (QED) is 0.132. The number of nitrogens with one attached hydrogen (secondary N) is 3. The fraction of sp³-hybridized carbons (Fsp3) is 0.359. The third-order valence-electron chi connectivity index (χ3n) is 9.75. The Labute approximate surface area is 322 Å². The molecule has 2 saturated heterocycles. The standard InChI is InChI=1S/C39H41ClN6O9/c1-23-21-24(11-13-29(23)44-16-18-45(19-17-44)39(53)42-25-10-12-26(28(40)22-25)38(52)54-2)41-32(47)9-4-3-5-20-55-31-8-6-7-27-34(31)37(51)46(36(27)50)30-14-15-33(48)43-35(30)49/h6-8,10-13,21-22,30H,3-5,9,14-20H2,1-2H3,(H,41,47)(H,42,53)(H,43,48,49). The van der Waals surface area contributed by atoms with Gasteiger partial charge in [0.05, 0.1) is 35.4 Å². The number of nitrogens with zero attached hydrogens (tertiary/aromatic N) is 3. The SMILES string of the molecule is COC(=O)c1ccc(NC(=O)N2CCN(c3ccc(NC(=O)CCCCCOc4cccc5c4C(=O)N(C4CCC(=O)NC4=O)C5=O)cc3C)CC2)cc1Cl. The molecule has 55 heavy (non-hydrogen) atoms. The maximum absolute atomic E-state index is 13.2. The van der Waals surface area contributed by atoms with E-state index in [0.29, 0.717) is 63.2 Å². The zero-order valence-corrected chi connectivity index (χ0v) is 31.2. The van der Waals surface area contributed by atoms with Crippen LogP contribution in [0.15, 0.2) is 54.6 Å². The molecule has 0 radical (unpaired) electrons. The monoisotopic (exact) mass is 772 g/mol. The van der Waals surface area contributed by atoms with Crippen LogP contribution < -0.4 is 25.6 Å². The molecule has 1 atom stereocenters. The number of urea groups is 1. The molecule has 3 N–H and O–H groups in total. The molecule has 0 saturated carbocycles. The van der Waals surface area contributed by atoms with Crippen molar-refractivity contribution in [3.05, 3.63) is 81.9 Å². The fourth-order valence-corrected chi connectivity index (χ4v) is 7.14. The summed E-state index contributed by atoms with van der Waals surface area (Å²) in [6.45, 7) is 4.47. The molecule has 7 amide bonds. The molecule has 0 aliphatic carbocycles. The third-order valence-corrected chi connectivity index (χ3v) is 10.1. The van der Waals surface area contributed by atoms with Gasteiger partial charge >= 0.3 is 12.0 Å². The van der Waals surface area contributed by atoms with Gasteiger partial charge in [0, 0.05) is 56.1 Å². The number of halogens is 1. The van der Waals surface area contributed by atoms with Crippen molar-refractivity contribution in [1.82, 2.24) is 15.1 Å². The highest BCUT2D eigenvalue weighted by Gasteiger charge is 2.46. The van der Waals surface area contributed by atoms with Gasteiger partial charge < -0.3 is 29.9 Å². The van der Waals surface area contributed by atoms with E-state index in [1.165, 1.54) is 25.3 Å². The number of hydrogen-bond acceptors (Lipinski definition) is 10. The number of piperazine rings is 1. The number of hydrogen-bond donors (Lipinski definition) is 3. The highest BCUT2D eigenvalue weighted by molar-refractivity contribution is 6.34. The average Bonchev–Trinajstić information content (AvgIpc) is 3.42. The number of esters is 1. The first kappa shape index (κ1) is 38.8. The summed E-state index contributed by atoms with van der Waals surface area (Å²) in [5, 5.41) is 8.16. The average molecular weight is 773 g/mol. The number of aryl methyl sites for hydroxylation is 1. The number of carbonyl (C=O) groups excluding carboxylic acids is 7. The van der Waals surface area contributed by atoms with Crippen LogP contribution in [0.4, 0.5) is 21.9 Å². The number of imide groups is 2. The summed E-state index contributed by atoms with van der Waals surface area (Å²) < 4.78 is 10.6. The zero-order chi connectivity index (χ0) is 39.2. The fourth-order valence-electron chi connectivity index (χ4n) is 6.88. The Kier molecular flexibility index (Phi) is 12.0. The van der Waals surface area contributed by atoms with E-state index in [2.05, 4.69) is 20.9 Å². The highest BCUT2D eigenvalue weighted by atomic mass is 35.5. The predicted octanol–water partition coefficient (Wildman–Crippen LogP) is 4.77. The van der Waals surface area contributed by atoms with Crippen LogP contribution >= 0.6 is 11.6 Å². The molecule has 288 valence electrons. The van der Waals surface area contributed by atoms with Crippen molar-refractivity contribution in [1.29, 1.82) is 0 Å². The number of rotatable bonds is 12. The molecule has 15 nitrogen and oxygen atoms in total. The van der Waals surface area contributed by atoms with Crippen molar-refractivity contribution in [2.24, 2.45) is 0 Å². The van der Waals surface area contributed by atoms with Crippen molar-refractivity contribution in [2.75, 3.05) is 55.4 Å². The van der Waals surface area contributed by atoms with Crippen molar-refractivity contribution in [3.63, 3.8) is 0 Å². The summed E-state index contributed by atoms with van der Waals surface area (Å²) in [6.07, 6.45) is 2.33. The van der Waals surface area contributed by atoms with Gasteiger partial charge in [0.25, 0.3) is 11.8 Å². The molecule has 3 aromatic rings. The molecular formula is C39H41ClN6O9. The Balaban J connectivity index is 0.908. The first-order valence-electron chi connectivity index (χ1n) is 18.0.